The summed E-state index contributed by atoms with van der Waals surface area (Å²) in [5.74, 6) is 1.75. The number of ether oxygens (including phenoxy) is 1. The third-order valence-electron chi connectivity index (χ3n) is 3.02. The van der Waals surface area contributed by atoms with E-state index in [1.54, 1.807) is 7.11 Å². The minimum absolute atomic E-state index is 0.398. The van der Waals surface area contributed by atoms with Crippen LogP contribution in [0.1, 0.15) is 10.6 Å². The van der Waals surface area contributed by atoms with Gasteiger partial charge in [-0.15, -0.1) is 11.3 Å². The maximum Gasteiger partial charge on any atom is 0.277 e. The van der Waals surface area contributed by atoms with Crippen molar-refractivity contribution in [3.8, 4) is 28.7 Å². The van der Waals surface area contributed by atoms with Crippen LogP contribution in [0.3, 0.4) is 0 Å². The molecule has 2 heterocycles. The van der Waals surface area contributed by atoms with Gasteiger partial charge in [0.15, 0.2) is 0 Å². The Bertz CT molecular complexity index is 766. The van der Waals surface area contributed by atoms with Crippen LogP contribution >= 0.6 is 11.3 Å². The Kier molecular flexibility index (Phi) is 3.68. The topological polar surface area (TPSA) is 87.1 Å². The third kappa shape index (κ3) is 2.65. The van der Waals surface area contributed by atoms with Crippen molar-refractivity contribution in [3.63, 3.8) is 0 Å². The minimum Gasteiger partial charge on any atom is -0.496 e. The third-order valence-corrected chi connectivity index (χ3v) is 3.90. The summed E-state index contributed by atoms with van der Waals surface area (Å²) in [6.07, 6.45) is 0. The van der Waals surface area contributed by atoms with Crippen LogP contribution in [0.15, 0.2) is 28.1 Å². The molecule has 0 amide bonds. The molecular weight excluding hydrogens is 288 g/mol. The van der Waals surface area contributed by atoms with Crippen molar-refractivity contribution in [3.05, 3.63) is 34.2 Å². The molecule has 0 saturated carbocycles. The number of aromatic nitrogens is 3. The predicted octanol–water partition coefficient (Wildman–Crippen LogP) is 2.64. The zero-order valence-corrected chi connectivity index (χ0v) is 12.5. The molecule has 3 rings (SSSR count). The lowest BCUT2D eigenvalue weighted by Crippen LogP contribution is -1.94. The van der Waals surface area contributed by atoms with E-state index >= 15 is 0 Å². The van der Waals surface area contributed by atoms with Crippen LogP contribution in [0.5, 0.6) is 5.75 Å². The lowest BCUT2D eigenvalue weighted by Gasteiger charge is -2.04. The summed E-state index contributed by atoms with van der Waals surface area (Å²) in [4.78, 5) is 8.71. The first-order valence-electron chi connectivity index (χ1n) is 6.35. The number of aryl methyl sites for hydroxylation is 1. The fraction of sp³-hybridized carbons (Fsp3) is 0.214. The molecule has 7 heteroatoms. The second kappa shape index (κ2) is 5.63. The van der Waals surface area contributed by atoms with Gasteiger partial charge in [0.25, 0.3) is 5.89 Å². The standard InChI is InChI=1S/C14H14N4O2S/c1-8-5-9(3-4-11(8)19-2)13-17-14(20-18-13)10-7-21-12(6-15)16-10/h3-5,7H,6,15H2,1-2H3. The van der Waals surface area contributed by atoms with E-state index in [1.807, 2.05) is 30.5 Å². The van der Waals surface area contributed by atoms with E-state index < -0.39 is 0 Å². The molecule has 0 saturated heterocycles. The molecule has 3 aromatic rings. The van der Waals surface area contributed by atoms with E-state index in [2.05, 4.69) is 15.1 Å². The normalized spacial score (nSPS) is 10.8. The number of hydrogen-bond donors (Lipinski definition) is 1. The zero-order valence-electron chi connectivity index (χ0n) is 11.7. The number of thiazole rings is 1. The molecule has 6 nitrogen and oxygen atoms in total. The molecule has 0 aliphatic carbocycles. The molecule has 21 heavy (non-hydrogen) atoms. The van der Waals surface area contributed by atoms with E-state index in [0.29, 0.717) is 24.0 Å². The van der Waals surface area contributed by atoms with Gasteiger partial charge in [-0.05, 0) is 30.7 Å². The average molecular weight is 302 g/mol. The Labute approximate surface area is 125 Å². The molecule has 0 unspecified atom stereocenters. The van der Waals surface area contributed by atoms with Crippen molar-refractivity contribution in [1.82, 2.24) is 15.1 Å². The van der Waals surface area contributed by atoms with Crippen molar-refractivity contribution in [2.24, 2.45) is 5.73 Å². The molecule has 0 aliphatic heterocycles. The Morgan fingerprint density at radius 2 is 2.19 bits per heavy atom. The largest absolute Gasteiger partial charge is 0.496 e. The predicted molar refractivity (Wildman–Crippen MR) is 80.0 cm³/mol. The first-order chi connectivity index (χ1) is 10.2. The van der Waals surface area contributed by atoms with Gasteiger partial charge in [-0.2, -0.15) is 4.98 Å². The SMILES string of the molecule is COc1ccc(-c2noc(-c3csc(CN)n3)n2)cc1C. The highest BCUT2D eigenvalue weighted by Crippen LogP contribution is 2.26. The second-order valence-electron chi connectivity index (χ2n) is 4.44. The molecule has 2 N–H and O–H groups in total. The first-order valence-corrected chi connectivity index (χ1v) is 7.23. The lowest BCUT2D eigenvalue weighted by molar-refractivity contribution is 0.411. The van der Waals surface area contributed by atoms with Gasteiger partial charge in [0.2, 0.25) is 5.82 Å². The van der Waals surface area contributed by atoms with Crippen molar-refractivity contribution < 1.29 is 9.26 Å². The van der Waals surface area contributed by atoms with Gasteiger partial charge in [0.05, 0.1) is 7.11 Å². The summed E-state index contributed by atoms with van der Waals surface area (Å²) in [5, 5.41) is 6.70. The van der Waals surface area contributed by atoms with Crippen LogP contribution in [0.4, 0.5) is 0 Å². The van der Waals surface area contributed by atoms with Crippen molar-refractivity contribution in [1.29, 1.82) is 0 Å². The zero-order chi connectivity index (χ0) is 14.8. The first kappa shape index (κ1) is 13.7. The smallest absolute Gasteiger partial charge is 0.277 e. The number of benzene rings is 1. The molecule has 1 aromatic carbocycles. The van der Waals surface area contributed by atoms with E-state index in [9.17, 15) is 0 Å². The molecule has 0 aliphatic rings. The van der Waals surface area contributed by atoms with Crippen molar-refractivity contribution in [2.75, 3.05) is 7.11 Å². The highest BCUT2D eigenvalue weighted by atomic mass is 32.1. The van der Waals surface area contributed by atoms with E-state index in [4.69, 9.17) is 15.0 Å². The fourth-order valence-electron chi connectivity index (χ4n) is 1.97. The number of nitrogens with two attached hydrogens (primary N) is 1. The van der Waals surface area contributed by atoms with Gasteiger partial charge in [-0.3, -0.25) is 0 Å². The maximum atomic E-state index is 5.55. The molecule has 0 bridgehead atoms. The Hall–Kier alpha value is -2.25. The quantitative estimate of drug-likeness (QED) is 0.797. The van der Waals surface area contributed by atoms with Gasteiger partial charge < -0.3 is 15.0 Å². The molecular formula is C14H14N4O2S. The Morgan fingerprint density at radius 3 is 2.86 bits per heavy atom. The Morgan fingerprint density at radius 1 is 1.33 bits per heavy atom. The number of nitrogens with zero attached hydrogens (tertiary/aromatic N) is 3. The molecule has 2 aromatic heterocycles. The van der Waals surface area contributed by atoms with Gasteiger partial charge in [0.1, 0.15) is 16.5 Å². The molecule has 0 fully saturated rings. The van der Waals surface area contributed by atoms with Crippen LogP contribution in [-0.2, 0) is 6.54 Å². The monoisotopic (exact) mass is 302 g/mol. The van der Waals surface area contributed by atoms with E-state index in [-0.39, 0.29) is 0 Å². The van der Waals surface area contributed by atoms with Crippen molar-refractivity contribution in [2.45, 2.75) is 13.5 Å². The molecule has 0 radical (unpaired) electrons. The Balaban J connectivity index is 1.92. The lowest BCUT2D eigenvalue weighted by atomic mass is 10.1. The maximum absolute atomic E-state index is 5.55. The summed E-state index contributed by atoms with van der Waals surface area (Å²) in [7, 11) is 1.64. The molecule has 0 spiro atoms. The summed E-state index contributed by atoms with van der Waals surface area (Å²) < 4.78 is 10.5. The molecule has 108 valence electrons. The van der Waals surface area contributed by atoms with Gasteiger partial charge >= 0.3 is 0 Å². The summed E-state index contributed by atoms with van der Waals surface area (Å²) in [6.45, 7) is 2.38. The fourth-order valence-corrected chi connectivity index (χ4v) is 2.61. The summed E-state index contributed by atoms with van der Waals surface area (Å²) in [6, 6.07) is 5.74. The van der Waals surface area contributed by atoms with Crippen LogP contribution in [0.2, 0.25) is 0 Å². The summed E-state index contributed by atoms with van der Waals surface area (Å²) in [5.41, 5.74) is 8.09. The van der Waals surface area contributed by atoms with Crippen LogP contribution < -0.4 is 10.5 Å². The van der Waals surface area contributed by atoms with Gasteiger partial charge in [-0.1, -0.05) is 5.16 Å². The summed E-state index contributed by atoms with van der Waals surface area (Å²) >= 11 is 1.48. The van der Waals surface area contributed by atoms with E-state index in [1.165, 1.54) is 11.3 Å². The number of hydrogen-bond acceptors (Lipinski definition) is 7. The van der Waals surface area contributed by atoms with Gasteiger partial charge in [-0.25, -0.2) is 4.98 Å². The highest BCUT2D eigenvalue weighted by Gasteiger charge is 2.14. The minimum atomic E-state index is 0.398. The van der Waals surface area contributed by atoms with E-state index in [0.717, 1.165) is 21.9 Å². The van der Waals surface area contributed by atoms with Gasteiger partial charge in [0, 0.05) is 17.5 Å². The average Bonchev–Trinajstić information content (AvgIpc) is 3.15. The molecule has 0 atom stereocenters. The highest BCUT2D eigenvalue weighted by molar-refractivity contribution is 7.09. The van der Waals surface area contributed by atoms with Crippen LogP contribution in [0.25, 0.3) is 23.0 Å². The number of methoxy groups -OCH3 is 1. The second-order valence-corrected chi connectivity index (χ2v) is 5.38. The number of rotatable bonds is 4. The van der Waals surface area contributed by atoms with Crippen LogP contribution in [0, 0.1) is 6.92 Å². The van der Waals surface area contributed by atoms with Crippen LogP contribution in [-0.4, -0.2) is 22.2 Å². The van der Waals surface area contributed by atoms with Crippen molar-refractivity contribution >= 4 is 11.3 Å².